The Bertz CT molecular complexity index is 1090. The molecule has 0 unspecified atom stereocenters. The third kappa shape index (κ3) is 4.50. The van der Waals surface area contributed by atoms with E-state index in [1.807, 2.05) is 6.07 Å². The van der Waals surface area contributed by atoms with E-state index in [0.717, 1.165) is 0 Å². The van der Waals surface area contributed by atoms with Crippen molar-refractivity contribution in [1.82, 2.24) is 14.9 Å². The average Bonchev–Trinajstić information content (AvgIpc) is 3.30. The lowest BCUT2D eigenvalue weighted by Gasteiger charge is -2.41. The van der Waals surface area contributed by atoms with Gasteiger partial charge in [0.05, 0.1) is 33.1 Å². The lowest BCUT2D eigenvalue weighted by Crippen LogP contribution is -2.54. The second-order valence-corrected chi connectivity index (χ2v) is 9.03. The number of pyridine rings is 2. The van der Waals surface area contributed by atoms with Crippen molar-refractivity contribution in [3.05, 3.63) is 41.9 Å². The van der Waals surface area contributed by atoms with Crippen LogP contribution in [0.15, 0.2) is 30.5 Å². The van der Waals surface area contributed by atoms with Gasteiger partial charge in [-0.1, -0.05) is 0 Å². The first-order valence-corrected chi connectivity index (χ1v) is 11.4. The van der Waals surface area contributed by atoms with Crippen molar-refractivity contribution in [2.24, 2.45) is 5.92 Å². The number of piperidine rings is 1. The fourth-order valence-electron chi connectivity index (χ4n) is 4.87. The zero-order valence-corrected chi connectivity index (χ0v) is 19.5. The Morgan fingerprint density at radius 3 is 2.80 bits per heavy atom. The first-order chi connectivity index (χ1) is 16.8. The molecule has 1 saturated carbocycles. The predicted molar refractivity (Wildman–Crippen MR) is 118 cm³/mol. The Kier molecular flexibility index (Phi) is 6.22. The van der Waals surface area contributed by atoms with Gasteiger partial charge in [-0.3, -0.25) is 9.78 Å². The maximum absolute atomic E-state index is 13.3. The number of halogens is 2. The second kappa shape index (κ2) is 9.19. The van der Waals surface area contributed by atoms with Gasteiger partial charge in [-0.25, -0.2) is 13.8 Å². The summed E-state index contributed by atoms with van der Waals surface area (Å²) >= 11 is 0. The van der Waals surface area contributed by atoms with Crippen molar-refractivity contribution in [1.29, 1.82) is 0 Å². The second-order valence-electron chi connectivity index (χ2n) is 9.03. The summed E-state index contributed by atoms with van der Waals surface area (Å²) in [6.45, 7) is 0.967. The Labute approximate surface area is 201 Å². The van der Waals surface area contributed by atoms with E-state index in [-0.39, 0.29) is 49.6 Å². The smallest absolute Gasteiger partial charge is 0.272 e. The molecule has 2 aromatic rings. The van der Waals surface area contributed by atoms with E-state index in [1.54, 1.807) is 36.4 Å². The van der Waals surface area contributed by atoms with Crippen molar-refractivity contribution >= 4 is 5.91 Å². The van der Waals surface area contributed by atoms with Gasteiger partial charge in [0.1, 0.15) is 29.9 Å². The Hall–Kier alpha value is -3.05. The van der Waals surface area contributed by atoms with E-state index >= 15 is 0 Å². The minimum Gasteiger partial charge on any atom is -0.497 e. The van der Waals surface area contributed by atoms with E-state index in [1.165, 1.54) is 7.11 Å². The lowest BCUT2D eigenvalue weighted by atomic mass is 9.82. The van der Waals surface area contributed by atoms with Gasteiger partial charge < -0.3 is 28.6 Å². The number of hydrogen-bond donors (Lipinski definition) is 0. The molecule has 11 heteroatoms. The average molecular weight is 491 g/mol. The summed E-state index contributed by atoms with van der Waals surface area (Å²) in [6.07, 6.45) is 1.38. The fourth-order valence-corrected chi connectivity index (χ4v) is 4.87. The minimum atomic E-state index is -2.60. The largest absolute Gasteiger partial charge is 0.497 e. The van der Waals surface area contributed by atoms with Gasteiger partial charge in [0.25, 0.3) is 11.8 Å². The maximum Gasteiger partial charge on any atom is 0.272 e. The summed E-state index contributed by atoms with van der Waals surface area (Å²) in [5, 5.41) is 0. The predicted octanol–water partition coefficient (Wildman–Crippen LogP) is 3.03. The summed E-state index contributed by atoms with van der Waals surface area (Å²) in [4.78, 5) is 23.7. The fraction of sp³-hybridized carbons (Fsp3) is 0.542. The molecule has 2 atom stereocenters. The van der Waals surface area contributed by atoms with Crippen LogP contribution in [0, 0.1) is 5.92 Å². The number of rotatable bonds is 7. The van der Waals surface area contributed by atoms with Crippen molar-refractivity contribution in [2.45, 2.75) is 36.9 Å². The standard InChI is InChI=1S/C24H27F2N3O6/c1-31-16-5-7-27-19(9-16)24-6-8-29(12-20(24)34-14-35-24)22(30)17-3-4-18(21(28-17)32-2)33-13-15-10-23(25,26)11-15/h3-5,7,9,15,20H,6,8,10-14H2,1-2H3/t20-,24-/m1/s1. The number of methoxy groups -OCH3 is 2. The molecule has 2 aromatic heterocycles. The molecule has 3 fully saturated rings. The highest BCUT2D eigenvalue weighted by Gasteiger charge is 2.52. The zero-order chi connectivity index (χ0) is 24.6. The molecular weight excluding hydrogens is 464 g/mol. The van der Waals surface area contributed by atoms with Gasteiger partial charge >= 0.3 is 0 Å². The van der Waals surface area contributed by atoms with Crippen LogP contribution in [0.2, 0.25) is 0 Å². The minimum absolute atomic E-state index is 0.108. The molecule has 0 aromatic carbocycles. The van der Waals surface area contributed by atoms with Crippen LogP contribution >= 0.6 is 0 Å². The first kappa shape index (κ1) is 23.7. The monoisotopic (exact) mass is 491 g/mol. The van der Waals surface area contributed by atoms with Crippen LogP contribution in [-0.4, -0.2) is 73.5 Å². The number of likely N-dealkylation sites (tertiary alicyclic amines) is 1. The van der Waals surface area contributed by atoms with E-state index in [4.69, 9.17) is 23.7 Å². The zero-order valence-electron chi connectivity index (χ0n) is 19.5. The SMILES string of the molecule is COc1ccnc([C@]23CCN(C(=O)c4ccc(OCC5CC(F)(F)C5)c(OC)n4)C[C@H]2OCO3)c1. The highest BCUT2D eigenvalue weighted by Crippen LogP contribution is 2.44. The van der Waals surface area contributed by atoms with Crippen LogP contribution in [0.25, 0.3) is 0 Å². The van der Waals surface area contributed by atoms with Gasteiger partial charge in [-0.2, -0.15) is 0 Å². The topological polar surface area (TPSA) is 92.2 Å². The van der Waals surface area contributed by atoms with Crippen LogP contribution in [0.5, 0.6) is 17.4 Å². The van der Waals surface area contributed by atoms with E-state index in [9.17, 15) is 13.6 Å². The van der Waals surface area contributed by atoms with Crippen LogP contribution < -0.4 is 14.2 Å². The lowest BCUT2D eigenvalue weighted by molar-refractivity contribution is -0.119. The first-order valence-electron chi connectivity index (χ1n) is 11.4. The van der Waals surface area contributed by atoms with Crippen LogP contribution in [0.3, 0.4) is 0 Å². The Morgan fingerprint density at radius 1 is 1.23 bits per heavy atom. The highest BCUT2D eigenvalue weighted by molar-refractivity contribution is 5.92. The quantitative estimate of drug-likeness (QED) is 0.584. The molecule has 3 aliphatic rings. The highest BCUT2D eigenvalue weighted by atomic mass is 19.3. The third-order valence-corrected chi connectivity index (χ3v) is 6.82. The van der Waals surface area contributed by atoms with Crippen molar-refractivity contribution in [3.63, 3.8) is 0 Å². The molecule has 35 heavy (non-hydrogen) atoms. The number of hydrogen-bond acceptors (Lipinski definition) is 8. The summed E-state index contributed by atoms with van der Waals surface area (Å²) < 4.78 is 54.2. The molecule has 0 radical (unpaired) electrons. The van der Waals surface area contributed by atoms with Crippen molar-refractivity contribution < 1.29 is 37.3 Å². The van der Waals surface area contributed by atoms with Crippen molar-refractivity contribution in [2.75, 3.05) is 40.7 Å². The van der Waals surface area contributed by atoms with Crippen LogP contribution in [0.1, 0.15) is 35.4 Å². The van der Waals surface area contributed by atoms with Crippen LogP contribution in [0.4, 0.5) is 8.78 Å². The summed E-state index contributed by atoms with van der Waals surface area (Å²) in [6, 6.07) is 6.72. The molecule has 2 aliphatic heterocycles. The van der Waals surface area contributed by atoms with Gasteiger partial charge in [0, 0.05) is 44.0 Å². The molecule has 4 heterocycles. The maximum atomic E-state index is 13.3. The molecule has 188 valence electrons. The number of amides is 1. The third-order valence-electron chi connectivity index (χ3n) is 6.82. The molecule has 0 spiro atoms. The van der Waals surface area contributed by atoms with E-state index in [0.29, 0.717) is 36.7 Å². The van der Waals surface area contributed by atoms with Gasteiger partial charge in [0.15, 0.2) is 5.75 Å². The van der Waals surface area contributed by atoms with Gasteiger partial charge in [0.2, 0.25) is 5.92 Å². The molecule has 1 amide bonds. The van der Waals surface area contributed by atoms with Crippen molar-refractivity contribution in [3.8, 4) is 17.4 Å². The molecule has 9 nitrogen and oxygen atoms in total. The number of nitrogens with zero attached hydrogens (tertiary/aromatic N) is 3. The summed E-state index contributed by atoms with van der Waals surface area (Å²) in [7, 11) is 3.01. The molecule has 0 N–H and O–H groups in total. The molecular formula is C24H27F2N3O6. The number of ether oxygens (including phenoxy) is 5. The Balaban J connectivity index is 1.27. The number of carbonyl (C=O) groups is 1. The Morgan fingerprint density at radius 2 is 2.06 bits per heavy atom. The number of fused-ring (bicyclic) bond motifs is 1. The number of aromatic nitrogens is 2. The van der Waals surface area contributed by atoms with Gasteiger partial charge in [-0.15, -0.1) is 0 Å². The normalized spacial score (nSPS) is 25.5. The number of carbonyl (C=O) groups excluding carboxylic acids is 1. The van der Waals surface area contributed by atoms with E-state index < -0.39 is 17.6 Å². The molecule has 1 aliphatic carbocycles. The summed E-state index contributed by atoms with van der Waals surface area (Å²) in [5.41, 5.74) is 0.138. The summed E-state index contributed by atoms with van der Waals surface area (Å²) in [5.74, 6) is -1.98. The molecule has 2 saturated heterocycles. The molecule has 0 bridgehead atoms. The van der Waals surface area contributed by atoms with Gasteiger partial charge in [-0.05, 0) is 18.2 Å². The van der Waals surface area contributed by atoms with E-state index in [2.05, 4.69) is 9.97 Å². The number of alkyl halides is 2. The van der Waals surface area contributed by atoms with Crippen LogP contribution in [-0.2, 0) is 15.1 Å². The molecule has 5 rings (SSSR count).